The molecule has 1 aliphatic rings. The van der Waals surface area contributed by atoms with Crippen LogP contribution in [0.4, 0.5) is 4.79 Å². The van der Waals surface area contributed by atoms with Crippen molar-refractivity contribution in [2.24, 2.45) is 0 Å². The largest absolute Gasteiger partial charge is 0.494 e. The number of amides is 3. The van der Waals surface area contributed by atoms with Crippen LogP contribution in [-0.4, -0.2) is 41.6 Å². The summed E-state index contributed by atoms with van der Waals surface area (Å²) in [6.07, 6.45) is 3.76. The third kappa shape index (κ3) is 6.21. The zero-order chi connectivity index (χ0) is 22.2. The highest BCUT2D eigenvalue weighted by atomic mass is 32.2. The van der Waals surface area contributed by atoms with Gasteiger partial charge in [-0.05, 0) is 61.0 Å². The summed E-state index contributed by atoms with van der Waals surface area (Å²) >= 11 is 0.918. The second-order valence-corrected chi connectivity index (χ2v) is 8.22. The first kappa shape index (κ1) is 22.6. The molecule has 0 bridgehead atoms. The molecule has 7 heteroatoms. The number of ether oxygens (including phenoxy) is 1. The summed E-state index contributed by atoms with van der Waals surface area (Å²) in [5, 5.41) is 2.43. The third-order valence-corrected chi connectivity index (χ3v) is 5.66. The topological polar surface area (TPSA) is 75.7 Å². The van der Waals surface area contributed by atoms with Gasteiger partial charge in [0.15, 0.2) is 0 Å². The number of nitrogens with one attached hydrogen (secondary N) is 1. The highest BCUT2D eigenvalue weighted by Crippen LogP contribution is 2.31. The molecule has 1 aliphatic heterocycles. The molecule has 1 N–H and O–H groups in total. The Kier molecular flexibility index (Phi) is 7.89. The van der Waals surface area contributed by atoms with E-state index in [1.54, 1.807) is 30.3 Å². The zero-order valence-electron chi connectivity index (χ0n) is 17.7. The number of imide groups is 1. The molecule has 1 fully saturated rings. The van der Waals surface area contributed by atoms with Crippen LogP contribution in [0.1, 0.15) is 41.3 Å². The van der Waals surface area contributed by atoms with Gasteiger partial charge in [-0.3, -0.25) is 19.3 Å². The Morgan fingerprint density at radius 2 is 1.81 bits per heavy atom. The predicted octanol–water partition coefficient (Wildman–Crippen LogP) is 4.64. The number of carbonyl (C=O) groups is 3. The molecule has 1 heterocycles. The molecule has 2 aromatic rings. The second kappa shape index (κ2) is 10.8. The molecule has 0 spiro atoms. The summed E-state index contributed by atoms with van der Waals surface area (Å²) in [6.45, 7) is 5.04. The van der Waals surface area contributed by atoms with Crippen molar-refractivity contribution in [1.82, 2.24) is 10.2 Å². The van der Waals surface area contributed by atoms with Crippen molar-refractivity contribution in [2.75, 3.05) is 19.7 Å². The molecule has 0 atom stereocenters. The van der Waals surface area contributed by atoms with Gasteiger partial charge in [-0.15, -0.1) is 0 Å². The van der Waals surface area contributed by atoms with Crippen LogP contribution < -0.4 is 10.1 Å². The van der Waals surface area contributed by atoms with E-state index in [0.29, 0.717) is 17.1 Å². The summed E-state index contributed by atoms with van der Waals surface area (Å²) in [5.41, 5.74) is 2.49. The summed E-state index contributed by atoms with van der Waals surface area (Å²) in [4.78, 5) is 38.7. The number of nitrogens with zero attached hydrogens (tertiary/aromatic N) is 1. The Morgan fingerprint density at radius 3 is 2.48 bits per heavy atom. The summed E-state index contributed by atoms with van der Waals surface area (Å²) in [6, 6.07) is 14.6. The van der Waals surface area contributed by atoms with Crippen molar-refractivity contribution in [2.45, 2.75) is 26.7 Å². The van der Waals surface area contributed by atoms with Crippen LogP contribution in [0, 0.1) is 6.92 Å². The molecule has 1 saturated heterocycles. The molecular formula is C24H26N2O4S. The van der Waals surface area contributed by atoms with Crippen LogP contribution in [0.5, 0.6) is 5.75 Å². The lowest BCUT2D eigenvalue weighted by Crippen LogP contribution is -2.37. The molecular weight excluding hydrogens is 412 g/mol. The van der Waals surface area contributed by atoms with Gasteiger partial charge >= 0.3 is 0 Å². The lowest BCUT2D eigenvalue weighted by Gasteiger charge is -2.13. The van der Waals surface area contributed by atoms with E-state index in [9.17, 15) is 14.4 Å². The number of hydrogen-bond donors (Lipinski definition) is 1. The first-order chi connectivity index (χ1) is 15.0. The minimum Gasteiger partial charge on any atom is -0.494 e. The van der Waals surface area contributed by atoms with E-state index in [4.69, 9.17) is 4.74 Å². The molecule has 3 amide bonds. The minimum atomic E-state index is -0.335. The average Bonchev–Trinajstić information content (AvgIpc) is 3.03. The van der Waals surface area contributed by atoms with Crippen molar-refractivity contribution in [3.05, 3.63) is 70.1 Å². The highest BCUT2D eigenvalue weighted by molar-refractivity contribution is 8.18. The van der Waals surface area contributed by atoms with Gasteiger partial charge in [0.2, 0.25) is 0 Å². The van der Waals surface area contributed by atoms with Gasteiger partial charge in [0.1, 0.15) is 5.75 Å². The SMILES string of the molecule is CCCCOc1ccc(C(=O)NCCN2C(=O)SC(=Cc3ccc(C)cc3)C2=O)cc1. The fourth-order valence-corrected chi connectivity index (χ4v) is 3.79. The van der Waals surface area contributed by atoms with E-state index in [-0.39, 0.29) is 30.1 Å². The fraction of sp³-hybridized carbons (Fsp3) is 0.292. The maximum absolute atomic E-state index is 12.6. The maximum Gasteiger partial charge on any atom is 0.293 e. The molecule has 0 saturated carbocycles. The Labute approximate surface area is 186 Å². The Morgan fingerprint density at radius 1 is 1.10 bits per heavy atom. The van der Waals surface area contributed by atoms with E-state index in [1.165, 1.54) is 0 Å². The van der Waals surface area contributed by atoms with Gasteiger partial charge in [-0.25, -0.2) is 0 Å². The van der Waals surface area contributed by atoms with Crippen LogP contribution in [0.25, 0.3) is 6.08 Å². The molecule has 0 radical (unpaired) electrons. The van der Waals surface area contributed by atoms with Crippen molar-refractivity contribution >= 4 is 34.9 Å². The number of hydrogen-bond acceptors (Lipinski definition) is 5. The molecule has 2 aromatic carbocycles. The van der Waals surface area contributed by atoms with Gasteiger partial charge in [-0.2, -0.15) is 0 Å². The van der Waals surface area contributed by atoms with E-state index in [0.717, 1.165) is 46.4 Å². The molecule has 162 valence electrons. The van der Waals surface area contributed by atoms with Crippen molar-refractivity contribution < 1.29 is 19.1 Å². The van der Waals surface area contributed by atoms with Gasteiger partial charge in [0.05, 0.1) is 11.5 Å². The van der Waals surface area contributed by atoms with E-state index in [1.807, 2.05) is 31.2 Å². The highest BCUT2D eigenvalue weighted by Gasteiger charge is 2.34. The number of benzene rings is 2. The quantitative estimate of drug-likeness (QED) is 0.456. The summed E-state index contributed by atoms with van der Waals surface area (Å²) in [5.74, 6) is 0.129. The number of thioether (sulfide) groups is 1. The second-order valence-electron chi connectivity index (χ2n) is 7.23. The van der Waals surface area contributed by atoms with Crippen LogP contribution in [-0.2, 0) is 4.79 Å². The first-order valence-electron chi connectivity index (χ1n) is 10.3. The molecule has 31 heavy (non-hydrogen) atoms. The third-order valence-electron chi connectivity index (χ3n) is 4.75. The number of rotatable bonds is 9. The Balaban J connectivity index is 1.50. The van der Waals surface area contributed by atoms with Crippen molar-refractivity contribution in [1.29, 1.82) is 0 Å². The Hall–Kier alpha value is -3.06. The first-order valence-corrected chi connectivity index (χ1v) is 11.1. The summed E-state index contributed by atoms with van der Waals surface area (Å²) < 4.78 is 5.59. The fourth-order valence-electron chi connectivity index (χ4n) is 2.93. The minimum absolute atomic E-state index is 0.125. The van der Waals surface area contributed by atoms with Gasteiger partial charge in [0, 0.05) is 18.7 Å². The van der Waals surface area contributed by atoms with E-state index >= 15 is 0 Å². The molecule has 6 nitrogen and oxygen atoms in total. The monoisotopic (exact) mass is 438 g/mol. The maximum atomic E-state index is 12.6. The van der Waals surface area contributed by atoms with Gasteiger partial charge < -0.3 is 10.1 Å². The molecule has 3 rings (SSSR count). The van der Waals surface area contributed by atoms with Crippen LogP contribution in [0.15, 0.2) is 53.4 Å². The lowest BCUT2D eigenvalue weighted by molar-refractivity contribution is -0.122. The number of aryl methyl sites for hydroxylation is 1. The molecule has 0 aliphatic carbocycles. The lowest BCUT2D eigenvalue weighted by atomic mass is 10.1. The number of unbranched alkanes of at least 4 members (excludes halogenated alkanes) is 1. The number of carbonyl (C=O) groups excluding carboxylic acids is 3. The molecule has 0 unspecified atom stereocenters. The van der Waals surface area contributed by atoms with Crippen LogP contribution in [0.3, 0.4) is 0 Å². The van der Waals surface area contributed by atoms with Crippen LogP contribution in [0.2, 0.25) is 0 Å². The van der Waals surface area contributed by atoms with Crippen molar-refractivity contribution in [3.63, 3.8) is 0 Å². The zero-order valence-corrected chi connectivity index (χ0v) is 18.5. The molecule has 0 aromatic heterocycles. The van der Waals surface area contributed by atoms with Crippen molar-refractivity contribution in [3.8, 4) is 5.75 Å². The predicted molar refractivity (Wildman–Crippen MR) is 123 cm³/mol. The normalized spacial score (nSPS) is 14.9. The summed E-state index contributed by atoms with van der Waals surface area (Å²) in [7, 11) is 0. The van der Waals surface area contributed by atoms with Crippen LogP contribution >= 0.6 is 11.8 Å². The van der Waals surface area contributed by atoms with E-state index < -0.39 is 0 Å². The average molecular weight is 439 g/mol. The van der Waals surface area contributed by atoms with Gasteiger partial charge in [0.25, 0.3) is 17.1 Å². The smallest absolute Gasteiger partial charge is 0.293 e. The van der Waals surface area contributed by atoms with E-state index in [2.05, 4.69) is 12.2 Å². The van der Waals surface area contributed by atoms with Gasteiger partial charge in [-0.1, -0.05) is 43.2 Å². The Bertz CT molecular complexity index is 968. The standard InChI is InChI=1S/C24H26N2O4S/c1-3-4-15-30-20-11-9-19(10-12-20)22(27)25-13-14-26-23(28)21(31-24(26)29)16-18-7-5-17(2)6-8-18/h5-12,16H,3-4,13-15H2,1-2H3,(H,25,27).